The molecule has 1 unspecified atom stereocenters. The summed E-state index contributed by atoms with van der Waals surface area (Å²) in [6.45, 7) is 1.93. The van der Waals surface area contributed by atoms with Gasteiger partial charge in [-0.2, -0.15) is 0 Å². The van der Waals surface area contributed by atoms with Crippen LogP contribution >= 0.6 is 0 Å². The molecule has 4 rings (SSSR count). The van der Waals surface area contributed by atoms with Gasteiger partial charge in [0.1, 0.15) is 0 Å². The van der Waals surface area contributed by atoms with E-state index in [0.29, 0.717) is 25.6 Å². The highest BCUT2D eigenvalue weighted by Gasteiger charge is 2.39. The number of carbonyl (C=O) groups is 2. The van der Waals surface area contributed by atoms with Gasteiger partial charge >= 0.3 is 6.03 Å². The second-order valence-electron chi connectivity index (χ2n) is 7.12. The van der Waals surface area contributed by atoms with E-state index >= 15 is 0 Å². The van der Waals surface area contributed by atoms with E-state index in [0.717, 1.165) is 37.0 Å². The predicted octanol–water partition coefficient (Wildman–Crippen LogP) is 2.02. The number of nitrogens with one attached hydrogen (secondary N) is 3. The lowest BCUT2D eigenvalue weighted by molar-refractivity contribution is -0.128. The molecule has 0 bridgehead atoms. The minimum atomic E-state index is -0.159. The molecule has 2 aliphatic rings. The van der Waals surface area contributed by atoms with E-state index in [2.05, 4.69) is 27.8 Å². The molecule has 3 amide bonds. The molecule has 3 N–H and O–H groups in total. The van der Waals surface area contributed by atoms with Crippen LogP contribution in [-0.2, 0) is 11.2 Å². The van der Waals surface area contributed by atoms with Crippen LogP contribution in [0.4, 0.5) is 4.79 Å². The molecule has 1 saturated heterocycles. The molecule has 1 aliphatic carbocycles. The molecule has 1 aromatic carbocycles. The van der Waals surface area contributed by atoms with Gasteiger partial charge in [-0.1, -0.05) is 18.2 Å². The van der Waals surface area contributed by atoms with E-state index in [-0.39, 0.29) is 17.9 Å². The number of aromatic nitrogens is 1. The van der Waals surface area contributed by atoms with Crippen molar-refractivity contribution in [1.29, 1.82) is 0 Å². The van der Waals surface area contributed by atoms with Gasteiger partial charge in [0, 0.05) is 55.6 Å². The van der Waals surface area contributed by atoms with Crippen molar-refractivity contribution in [2.24, 2.45) is 5.92 Å². The van der Waals surface area contributed by atoms with Gasteiger partial charge in [-0.25, -0.2) is 4.79 Å². The highest BCUT2D eigenvalue weighted by molar-refractivity contribution is 5.80. The Morgan fingerprint density at radius 1 is 1.24 bits per heavy atom. The minimum Gasteiger partial charge on any atom is -0.358 e. The van der Waals surface area contributed by atoms with E-state index in [1.54, 1.807) is 0 Å². The van der Waals surface area contributed by atoms with Gasteiger partial charge in [0.2, 0.25) is 5.91 Å². The van der Waals surface area contributed by atoms with Crippen molar-refractivity contribution in [3.05, 3.63) is 36.0 Å². The van der Waals surface area contributed by atoms with Crippen LogP contribution in [0.1, 0.15) is 25.0 Å². The van der Waals surface area contributed by atoms with E-state index < -0.39 is 0 Å². The Hall–Kier alpha value is -2.50. The number of carbonyl (C=O) groups excluding carboxylic acids is 2. The van der Waals surface area contributed by atoms with Crippen molar-refractivity contribution in [1.82, 2.24) is 20.5 Å². The molecule has 2 heterocycles. The number of likely N-dealkylation sites (tertiary alicyclic amines) is 1. The summed E-state index contributed by atoms with van der Waals surface area (Å²) in [4.78, 5) is 29.2. The summed E-state index contributed by atoms with van der Waals surface area (Å²) >= 11 is 0. The Morgan fingerprint density at radius 2 is 2.08 bits per heavy atom. The number of hydrogen-bond acceptors (Lipinski definition) is 2. The van der Waals surface area contributed by atoms with Crippen LogP contribution in [0.25, 0.3) is 10.9 Å². The molecule has 1 atom stereocenters. The molecule has 1 saturated carbocycles. The van der Waals surface area contributed by atoms with Gasteiger partial charge in [-0.15, -0.1) is 0 Å². The first-order valence-electron chi connectivity index (χ1n) is 9.07. The van der Waals surface area contributed by atoms with Crippen molar-refractivity contribution in [3.63, 3.8) is 0 Å². The van der Waals surface area contributed by atoms with Crippen molar-refractivity contribution < 1.29 is 9.59 Å². The number of aromatic amines is 1. The number of hydrogen-bond donors (Lipinski definition) is 3. The summed E-state index contributed by atoms with van der Waals surface area (Å²) in [7, 11) is 0. The molecule has 132 valence electrons. The molecule has 0 spiro atoms. The van der Waals surface area contributed by atoms with Gasteiger partial charge in [0.25, 0.3) is 0 Å². The predicted molar refractivity (Wildman–Crippen MR) is 96.2 cm³/mol. The Kier molecular flexibility index (Phi) is 4.34. The lowest BCUT2D eigenvalue weighted by atomic mass is 10.1. The monoisotopic (exact) mass is 340 g/mol. The number of urea groups is 1. The third-order valence-corrected chi connectivity index (χ3v) is 5.04. The SMILES string of the molecule is O=C(NCCc1cc2ccccc2[nH]1)NCC1CC(=O)N(C2CC2)C1. The quantitative estimate of drug-likeness (QED) is 0.752. The van der Waals surface area contributed by atoms with Crippen LogP contribution in [0.3, 0.4) is 0 Å². The van der Waals surface area contributed by atoms with Crippen LogP contribution in [0, 0.1) is 5.92 Å². The van der Waals surface area contributed by atoms with E-state index in [1.807, 2.05) is 23.1 Å². The van der Waals surface area contributed by atoms with Crippen LogP contribution in [0.2, 0.25) is 0 Å². The van der Waals surface area contributed by atoms with Crippen molar-refractivity contribution in [3.8, 4) is 0 Å². The summed E-state index contributed by atoms with van der Waals surface area (Å²) < 4.78 is 0. The highest BCUT2D eigenvalue weighted by atomic mass is 16.2. The Labute approximate surface area is 147 Å². The smallest absolute Gasteiger partial charge is 0.314 e. The van der Waals surface area contributed by atoms with Gasteiger partial charge in [0.15, 0.2) is 0 Å². The zero-order chi connectivity index (χ0) is 17.2. The Balaban J connectivity index is 1.17. The molecule has 1 aromatic heterocycles. The first-order chi connectivity index (χ1) is 12.2. The van der Waals surface area contributed by atoms with Crippen LogP contribution in [-0.4, -0.2) is 47.5 Å². The summed E-state index contributed by atoms with van der Waals surface area (Å²) in [5.41, 5.74) is 2.23. The first kappa shape index (κ1) is 16.0. The first-order valence-corrected chi connectivity index (χ1v) is 9.07. The number of nitrogens with zero attached hydrogens (tertiary/aromatic N) is 1. The molecule has 25 heavy (non-hydrogen) atoms. The van der Waals surface area contributed by atoms with Crippen molar-refractivity contribution >= 4 is 22.8 Å². The van der Waals surface area contributed by atoms with Gasteiger partial charge in [-0.3, -0.25) is 4.79 Å². The molecule has 6 nitrogen and oxygen atoms in total. The Bertz CT molecular complexity index is 748. The average molecular weight is 340 g/mol. The second kappa shape index (κ2) is 6.78. The molecule has 2 aromatic rings. The summed E-state index contributed by atoms with van der Waals surface area (Å²) in [6, 6.07) is 10.6. The van der Waals surface area contributed by atoms with Crippen LogP contribution in [0.5, 0.6) is 0 Å². The third kappa shape index (κ3) is 3.78. The van der Waals surface area contributed by atoms with Crippen molar-refractivity contribution in [2.75, 3.05) is 19.6 Å². The fourth-order valence-corrected chi connectivity index (χ4v) is 3.56. The summed E-state index contributed by atoms with van der Waals surface area (Å²) in [6.07, 6.45) is 3.60. The normalized spacial score (nSPS) is 20.2. The molecular weight excluding hydrogens is 316 g/mol. The molecule has 2 fully saturated rings. The number of para-hydroxylation sites is 1. The van der Waals surface area contributed by atoms with Crippen molar-refractivity contribution in [2.45, 2.75) is 31.7 Å². The standard InChI is InChI=1S/C19H24N4O2/c24-18-9-13(12-23(18)16-5-6-16)11-21-19(25)20-8-7-15-10-14-3-1-2-4-17(14)22-15/h1-4,10,13,16,22H,5-9,11-12H2,(H2,20,21,25). The van der Waals surface area contributed by atoms with Crippen LogP contribution in [0.15, 0.2) is 30.3 Å². The van der Waals surface area contributed by atoms with E-state index in [4.69, 9.17) is 0 Å². The Morgan fingerprint density at radius 3 is 2.88 bits per heavy atom. The van der Waals surface area contributed by atoms with Crippen LogP contribution < -0.4 is 10.6 Å². The average Bonchev–Trinajstić information content (AvgIpc) is 3.25. The number of H-pyrrole nitrogens is 1. The highest BCUT2D eigenvalue weighted by Crippen LogP contribution is 2.32. The number of rotatable bonds is 6. The molecular formula is C19H24N4O2. The largest absolute Gasteiger partial charge is 0.358 e. The minimum absolute atomic E-state index is 0.159. The zero-order valence-corrected chi connectivity index (χ0v) is 14.3. The maximum absolute atomic E-state index is 11.9. The lowest BCUT2D eigenvalue weighted by Gasteiger charge is -2.15. The molecule has 1 aliphatic heterocycles. The summed E-state index contributed by atoms with van der Waals surface area (Å²) in [5.74, 6) is 0.487. The molecule has 0 radical (unpaired) electrons. The van der Waals surface area contributed by atoms with E-state index in [9.17, 15) is 9.59 Å². The maximum atomic E-state index is 11.9. The lowest BCUT2D eigenvalue weighted by Crippen LogP contribution is -2.39. The topological polar surface area (TPSA) is 77.2 Å². The number of fused-ring (bicyclic) bond motifs is 1. The third-order valence-electron chi connectivity index (χ3n) is 5.04. The zero-order valence-electron chi connectivity index (χ0n) is 14.3. The second-order valence-corrected chi connectivity index (χ2v) is 7.12. The summed E-state index contributed by atoms with van der Waals surface area (Å²) in [5, 5.41) is 6.98. The van der Waals surface area contributed by atoms with Gasteiger partial charge in [-0.05, 0) is 30.4 Å². The van der Waals surface area contributed by atoms with Gasteiger partial charge < -0.3 is 20.5 Å². The van der Waals surface area contributed by atoms with E-state index in [1.165, 1.54) is 5.39 Å². The maximum Gasteiger partial charge on any atom is 0.314 e. The fourth-order valence-electron chi connectivity index (χ4n) is 3.56. The number of benzene rings is 1. The fraction of sp³-hybridized carbons (Fsp3) is 0.474. The number of amides is 3. The molecule has 6 heteroatoms. The van der Waals surface area contributed by atoms with Gasteiger partial charge in [0.05, 0.1) is 0 Å².